The minimum atomic E-state index is -0.511. The number of nitrogens with zero attached hydrogens (tertiary/aromatic N) is 6. The number of hydrogen-bond donors (Lipinski definition) is 0. The predicted octanol–water partition coefficient (Wildman–Crippen LogP) is 1.45. The van der Waals surface area contributed by atoms with Gasteiger partial charge < -0.3 is 4.74 Å². The fraction of sp³-hybridized carbons (Fsp3) is 0.267. The van der Waals surface area contributed by atoms with E-state index in [9.17, 15) is 9.18 Å². The molecule has 24 heavy (non-hydrogen) atoms. The van der Waals surface area contributed by atoms with E-state index in [0.29, 0.717) is 29.2 Å². The van der Waals surface area contributed by atoms with Crippen LogP contribution in [0.5, 0.6) is 0 Å². The van der Waals surface area contributed by atoms with Crippen molar-refractivity contribution in [1.29, 1.82) is 0 Å². The summed E-state index contributed by atoms with van der Waals surface area (Å²) in [5.74, 6) is -0.406. The molecule has 0 saturated heterocycles. The highest BCUT2D eigenvalue weighted by Crippen LogP contribution is 2.17. The summed E-state index contributed by atoms with van der Waals surface area (Å²) < 4.78 is 21.3. The van der Waals surface area contributed by atoms with Crippen molar-refractivity contribution in [2.45, 2.75) is 20.0 Å². The maximum absolute atomic E-state index is 13.1. The van der Waals surface area contributed by atoms with Crippen LogP contribution in [0, 0.1) is 5.82 Å². The highest BCUT2D eigenvalue weighted by Gasteiger charge is 2.19. The first-order valence-electron chi connectivity index (χ1n) is 7.31. The Kier molecular flexibility index (Phi) is 4.32. The maximum Gasteiger partial charge on any atom is 0.342 e. The SMILES string of the molecule is CCc1c(C(=O)OCc2nnnn2C)cnn1-c1ccc(F)cc1. The van der Waals surface area contributed by atoms with E-state index >= 15 is 0 Å². The Morgan fingerprint density at radius 1 is 1.29 bits per heavy atom. The second-order valence-corrected chi connectivity index (χ2v) is 5.04. The van der Waals surface area contributed by atoms with Crippen LogP contribution < -0.4 is 0 Å². The Balaban J connectivity index is 1.82. The summed E-state index contributed by atoms with van der Waals surface area (Å²) in [5, 5.41) is 15.1. The fourth-order valence-electron chi connectivity index (χ4n) is 2.27. The molecule has 0 saturated carbocycles. The van der Waals surface area contributed by atoms with Gasteiger partial charge in [0.2, 0.25) is 0 Å². The third-order valence-corrected chi connectivity index (χ3v) is 3.54. The minimum absolute atomic E-state index is 0.0345. The molecule has 0 spiro atoms. The number of rotatable bonds is 5. The van der Waals surface area contributed by atoms with E-state index < -0.39 is 5.97 Å². The molecule has 3 rings (SSSR count). The van der Waals surface area contributed by atoms with E-state index in [-0.39, 0.29) is 12.4 Å². The normalized spacial score (nSPS) is 10.8. The molecule has 124 valence electrons. The second kappa shape index (κ2) is 6.57. The first kappa shape index (κ1) is 15.8. The zero-order valence-corrected chi connectivity index (χ0v) is 13.2. The smallest absolute Gasteiger partial charge is 0.342 e. The zero-order chi connectivity index (χ0) is 17.1. The van der Waals surface area contributed by atoms with Crippen molar-refractivity contribution in [3.63, 3.8) is 0 Å². The van der Waals surface area contributed by atoms with Crippen LogP contribution in [0.25, 0.3) is 5.69 Å². The van der Waals surface area contributed by atoms with Gasteiger partial charge in [-0.2, -0.15) is 5.10 Å². The first-order chi connectivity index (χ1) is 11.6. The van der Waals surface area contributed by atoms with Gasteiger partial charge in [0.15, 0.2) is 12.4 Å². The predicted molar refractivity (Wildman–Crippen MR) is 80.8 cm³/mol. The largest absolute Gasteiger partial charge is 0.454 e. The van der Waals surface area contributed by atoms with Crippen molar-refractivity contribution in [3.05, 3.63) is 53.4 Å². The summed E-state index contributed by atoms with van der Waals surface area (Å²) >= 11 is 0. The van der Waals surface area contributed by atoms with Crippen molar-refractivity contribution < 1.29 is 13.9 Å². The maximum atomic E-state index is 13.1. The number of hydrogen-bond acceptors (Lipinski definition) is 6. The molecule has 0 N–H and O–H groups in total. The number of aromatic nitrogens is 6. The number of halogens is 1. The topological polar surface area (TPSA) is 87.7 Å². The van der Waals surface area contributed by atoms with Gasteiger partial charge in [0.25, 0.3) is 0 Å². The van der Waals surface area contributed by atoms with Crippen molar-refractivity contribution in [3.8, 4) is 5.69 Å². The fourth-order valence-corrected chi connectivity index (χ4v) is 2.27. The lowest BCUT2D eigenvalue weighted by molar-refractivity contribution is 0.0456. The second-order valence-electron chi connectivity index (χ2n) is 5.04. The van der Waals surface area contributed by atoms with E-state index in [1.54, 1.807) is 23.9 Å². The number of aryl methyl sites for hydroxylation is 1. The molecule has 3 aromatic rings. The van der Waals surface area contributed by atoms with Crippen LogP contribution >= 0.6 is 0 Å². The molecule has 0 unspecified atom stereocenters. The lowest BCUT2D eigenvalue weighted by Crippen LogP contribution is -2.11. The van der Waals surface area contributed by atoms with Crippen LogP contribution in [0.2, 0.25) is 0 Å². The molecular formula is C15H15FN6O2. The van der Waals surface area contributed by atoms with Crippen LogP contribution in [-0.4, -0.2) is 36.0 Å². The third kappa shape index (κ3) is 3.00. The Morgan fingerprint density at radius 3 is 2.67 bits per heavy atom. The molecule has 0 amide bonds. The zero-order valence-electron chi connectivity index (χ0n) is 13.2. The summed E-state index contributed by atoms with van der Waals surface area (Å²) in [6, 6.07) is 5.88. The average Bonchev–Trinajstić information content (AvgIpc) is 3.19. The highest BCUT2D eigenvalue weighted by atomic mass is 19.1. The molecule has 0 fully saturated rings. The number of ether oxygens (including phenoxy) is 1. The van der Waals surface area contributed by atoms with E-state index in [1.807, 2.05) is 6.92 Å². The van der Waals surface area contributed by atoms with Crippen molar-refractivity contribution in [2.75, 3.05) is 0 Å². The molecule has 0 aliphatic carbocycles. The Hall–Kier alpha value is -3.10. The van der Waals surface area contributed by atoms with Gasteiger partial charge in [-0.05, 0) is 41.1 Å². The van der Waals surface area contributed by atoms with Crippen LogP contribution in [0.1, 0.15) is 28.8 Å². The molecule has 0 aliphatic rings. The number of tetrazole rings is 1. The van der Waals surface area contributed by atoms with Gasteiger partial charge >= 0.3 is 5.97 Å². The van der Waals surface area contributed by atoms with E-state index in [1.165, 1.54) is 23.0 Å². The molecule has 0 aliphatic heterocycles. The Bertz CT molecular complexity index is 855. The summed E-state index contributed by atoms with van der Waals surface area (Å²) in [6.45, 7) is 1.87. The van der Waals surface area contributed by atoms with Gasteiger partial charge in [-0.15, -0.1) is 5.10 Å². The molecular weight excluding hydrogens is 315 g/mol. The molecule has 9 heteroatoms. The van der Waals surface area contributed by atoms with E-state index in [2.05, 4.69) is 20.6 Å². The van der Waals surface area contributed by atoms with Crippen LogP contribution in [0.15, 0.2) is 30.5 Å². The lowest BCUT2D eigenvalue weighted by Gasteiger charge is -2.08. The third-order valence-electron chi connectivity index (χ3n) is 3.54. The van der Waals surface area contributed by atoms with Crippen molar-refractivity contribution in [2.24, 2.45) is 7.05 Å². The standard InChI is InChI=1S/C15H15FN6O2/c1-3-13-12(15(23)24-9-14-18-19-20-21(14)2)8-17-22(13)11-6-4-10(16)5-7-11/h4-8H,3,9H2,1-2H3. The highest BCUT2D eigenvalue weighted by molar-refractivity contribution is 5.90. The molecule has 0 radical (unpaired) electrons. The van der Waals surface area contributed by atoms with Gasteiger partial charge in [-0.3, -0.25) is 0 Å². The summed E-state index contributed by atoms with van der Waals surface area (Å²) in [6.07, 6.45) is 2.01. The Morgan fingerprint density at radius 2 is 2.04 bits per heavy atom. The lowest BCUT2D eigenvalue weighted by atomic mass is 10.2. The van der Waals surface area contributed by atoms with Crippen LogP contribution in [0.3, 0.4) is 0 Å². The minimum Gasteiger partial charge on any atom is -0.454 e. The van der Waals surface area contributed by atoms with Gasteiger partial charge in [-0.25, -0.2) is 18.5 Å². The summed E-state index contributed by atoms with van der Waals surface area (Å²) in [7, 11) is 1.66. The van der Waals surface area contributed by atoms with E-state index in [4.69, 9.17) is 4.74 Å². The molecule has 2 aromatic heterocycles. The van der Waals surface area contributed by atoms with Crippen molar-refractivity contribution in [1.82, 2.24) is 30.0 Å². The molecule has 1 aromatic carbocycles. The number of esters is 1. The Labute approximate surface area is 136 Å². The monoisotopic (exact) mass is 330 g/mol. The molecule has 0 atom stereocenters. The van der Waals surface area contributed by atoms with Gasteiger partial charge in [0, 0.05) is 7.05 Å². The summed E-state index contributed by atoms with van der Waals surface area (Å²) in [5.41, 5.74) is 1.71. The molecule has 2 heterocycles. The van der Waals surface area contributed by atoms with Gasteiger partial charge in [0.1, 0.15) is 11.4 Å². The summed E-state index contributed by atoms with van der Waals surface area (Å²) in [4.78, 5) is 12.3. The molecule has 0 bridgehead atoms. The van der Waals surface area contributed by atoms with Gasteiger partial charge in [-0.1, -0.05) is 6.92 Å². The quantitative estimate of drug-likeness (QED) is 0.658. The number of carbonyl (C=O) groups excluding carboxylic acids is 1. The van der Waals surface area contributed by atoms with Crippen LogP contribution in [0.4, 0.5) is 4.39 Å². The average molecular weight is 330 g/mol. The van der Waals surface area contributed by atoms with Crippen LogP contribution in [-0.2, 0) is 24.8 Å². The first-order valence-corrected chi connectivity index (χ1v) is 7.31. The van der Waals surface area contributed by atoms with Crippen molar-refractivity contribution >= 4 is 5.97 Å². The van der Waals surface area contributed by atoms with Gasteiger partial charge in [0.05, 0.1) is 17.6 Å². The van der Waals surface area contributed by atoms with E-state index in [0.717, 1.165) is 0 Å². The molecule has 8 nitrogen and oxygen atoms in total. The number of benzene rings is 1. The number of carbonyl (C=O) groups is 1.